The summed E-state index contributed by atoms with van der Waals surface area (Å²) in [6.07, 6.45) is -0.131. The normalized spacial score (nSPS) is 22.9. The van der Waals surface area contributed by atoms with Crippen LogP contribution in [0.3, 0.4) is 0 Å². The fourth-order valence-electron chi connectivity index (χ4n) is 2.04. The van der Waals surface area contributed by atoms with Gasteiger partial charge in [-0.25, -0.2) is 0 Å². The van der Waals surface area contributed by atoms with E-state index in [2.05, 4.69) is 12.2 Å². The van der Waals surface area contributed by atoms with Crippen molar-refractivity contribution in [1.29, 1.82) is 0 Å². The molecule has 1 fully saturated rings. The largest absolute Gasteiger partial charge is 0.493 e. The molecule has 2 atom stereocenters. The summed E-state index contributed by atoms with van der Waals surface area (Å²) in [5.41, 5.74) is 0.967. The van der Waals surface area contributed by atoms with Crippen LogP contribution >= 0.6 is 0 Å². The third-order valence-corrected chi connectivity index (χ3v) is 2.94. The molecule has 0 bridgehead atoms. The summed E-state index contributed by atoms with van der Waals surface area (Å²) in [7, 11) is 4.80. The minimum absolute atomic E-state index is 0.131. The molecule has 1 heterocycles. The Morgan fingerprint density at radius 2 is 1.72 bits per heavy atom. The van der Waals surface area contributed by atoms with Crippen molar-refractivity contribution in [3.05, 3.63) is 17.7 Å². The van der Waals surface area contributed by atoms with Crippen LogP contribution in [0.15, 0.2) is 12.1 Å². The Kier molecular flexibility index (Phi) is 3.93. The number of methoxy groups -OCH3 is 3. The van der Waals surface area contributed by atoms with Crippen LogP contribution in [0.25, 0.3) is 0 Å². The van der Waals surface area contributed by atoms with E-state index in [4.69, 9.17) is 18.9 Å². The third kappa shape index (κ3) is 2.37. The minimum atomic E-state index is -0.131. The summed E-state index contributed by atoms with van der Waals surface area (Å²) in [4.78, 5) is 0. The molecule has 0 radical (unpaired) electrons. The summed E-state index contributed by atoms with van der Waals surface area (Å²) < 4.78 is 21.6. The van der Waals surface area contributed by atoms with Crippen LogP contribution in [-0.4, -0.2) is 34.0 Å². The lowest BCUT2D eigenvalue weighted by Gasteiger charge is -2.17. The van der Waals surface area contributed by atoms with Gasteiger partial charge in [-0.1, -0.05) is 0 Å². The van der Waals surface area contributed by atoms with E-state index < -0.39 is 0 Å². The van der Waals surface area contributed by atoms with Crippen molar-refractivity contribution in [2.24, 2.45) is 0 Å². The Morgan fingerprint density at radius 1 is 1.11 bits per heavy atom. The average Bonchev–Trinajstić information content (AvgIpc) is 2.83. The molecule has 0 saturated carbocycles. The van der Waals surface area contributed by atoms with E-state index >= 15 is 0 Å². The first-order chi connectivity index (χ1) is 8.69. The second-order valence-corrected chi connectivity index (χ2v) is 4.24. The molecule has 0 aliphatic carbocycles. The fourth-order valence-corrected chi connectivity index (χ4v) is 2.04. The first kappa shape index (κ1) is 13.0. The molecule has 2 unspecified atom stereocenters. The van der Waals surface area contributed by atoms with Crippen LogP contribution in [0.2, 0.25) is 0 Å². The van der Waals surface area contributed by atoms with Gasteiger partial charge in [0.1, 0.15) is 6.23 Å². The number of rotatable bonds is 4. The number of benzene rings is 1. The van der Waals surface area contributed by atoms with Crippen LogP contribution in [-0.2, 0) is 4.74 Å². The zero-order chi connectivity index (χ0) is 13.1. The topological polar surface area (TPSA) is 49.0 Å². The highest BCUT2D eigenvalue weighted by Gasteiger charge is 2.25. The Labute approximate surface area is 107 Å². The predicted molar refractivity (Wildman–Crippen MR) is 67.4 cm³/mol. The summed E-state index contributed by atoms with van der Waals surface area (Å²) in [5, 5.41) is 3.34. The maximum Gasteiger partial charge on any atom is 0.203 e. The molecule has 1 aromatic carbocycles. The number of ether oxygens (including phenoxy) is 4. The van der Waals surface area contributed by atoms with Crippen molar-refractivity contribution in [2.45, 2.75) is 19.2 Å². The van der Waals surface area contributed by atoms with Crippen molar-refractivity contribution in [2.75, 3.05) is 27.9 Å². The molecule has 1 aliphatic heterocycles. The van der Waals surface area contributed by atoms with Gasteiger partial charge in [-0.05, 0) is 19.1 Å². The molecule has 0 amide bonds. The molecule has 1 N–H and O–H groups in total. The second kappa shape index (κ2) is 5.46. The summed E-state index contributed by atoms with van der Waals surface area (Å²) in [6, 6.07) is 4.14. The highest BCUT2D eigenvalue weighted by atomic mass is 16.5. The van der Waals surface area contributed by atoms with Gasteiger partial charge in [0.15, 0.2) is 11.5 Å². The van der Waals surface area contributed by atoms with Crippen molar-refractivity contribution in [3.63, 3.8) is 0 Å². The molecule has 5 nitrogen and oxygen atoms in total. The number of nitrogens with one attached hydrogen (secondary N) is 1. The summed E-state index contributed by atoms with van der Waals surface area (Å²) in [6.45, 7) is 2.78. The summed E-state index contributed by atoms with van der Waals surface area (Å²) >= 11 is 0. The molecule has 18 heavy (non-hydrogen) atoms. The molecular formula is C13H19NO4. The molecule has 1 aliphatic rings. The van der Waals surface area contributed by atoms with Crippen LogP contribution in [0, 0.1) is 0 Å². The Balaban J connectivity index is 2.37. The first-order valence-corrected chi connectivity index (χ1v) is 5.87. The van der Waals surface area contributed by atoms with E-state index in [0.717, 1.165) is 5.56 Å². The van der Waals surface area contributed by atoms with Crippen LogP contribution in [0.1, 0.15) is 18.7 Å². The maximum absolute atomic E-state index is 5.66. The smallest absolute Gasteiger partial charge is 0.203 e. The SMILES string of the molecule is COc1cc(C2NC(C)CO2)cc(OC)c1OC. The van der Waals surface area contributed by atoms with E-state index in [1.807, 2.05) is 12.1 Å². The van der Waals surface area contributed by atoms with E-state index in [9.17, 15) is 0 Å². The molecule has 1 saturated heterocycles. The van der Waals surface area contributed by atoms with E-state index in [1.54, 1.807) is 21.3 Å². The van der Waals surface area contributed by atoms with Gasteiger partial charge in [0.2, 0.25) is 5.75 Å². The lowest BCUT2D eigenvalue weighted by Crippen LogP contribution is -2.22. The van der Waals surface area contributed by atoms with E-state index in [-0.39, 0.29) is 6.23 Å². The molecule has 100 valence electrons. The lowest BCUT2D eigenvalue weighted by atomic mass is 10.1. The highest BCUT2D eigenvalue weighted by molar-refractivity contribution is 5.54. The van der Waals surface area contributed by atoms with Gasteiger partial charge in [-0.3, -0.25) is 5.32 Å². The van der Waals surface area contributed by atoms with Crippen molar-refractivity contribution in [3.8, 4) is 17.2 Å². The molecular weight excluding hydrogens is 234 g/mol. The third-order valence-electron chi connectivity index (χ3n) is 2.94. The van der Waals surface area contributed by atoms with E-state index in [1.165, 1.54) is 0 Å². The lowest BCUT2D eigenvalue weighted by molar-refractivity contribution is 0.100. The van der Waals surface area contributed by atoms with Crippen LogP contribution < -0.4 is 19.5 Å². The minimum Gasteiger partial charge on any atom is -0.493 e. The molecule has 1 aromatic rings. The standard InChI is InChI=1S/C13H19NO4/c1-8-7-18-13(14-8)9-5-10(15-2)12(17-4)11(6-9)16-3/h5-6,8,13-14H,7H2,1-4H3. The molecule has 0 aromatic heterocycles. The van der Waals surface area contributed by atoms with Gasteiger partial charge >= 0.3 is 0 Å². The second-order valence-electron chi connectivity index (χ2n) is 4.24. The quantitative estimate of drug-likeness (QED) is 0.885. The van der Waals surface area contributed by atoms with E-state index in [0.29, 0.717) is 29.9 Å². The van der Waals surface area contributed by atoms with Crippen molar-refractivity contribution < 1.29 is 18.9 Å². The number of hydrogen-bond acceptors (Lipinski definition) is 5. The average molecular weight is 253 g/mol. The van der Waals surface area contributed by atoms with Crippen LogP contribution in [0.4, 0.5) is 0 Å². The molecule has 2 rings (SSSR count). The number of hydrogen-bond donors (Lipinski definition) is 1. The molecule has 0 spiro atoms. The molecule has 5 heteroatoms. The predicted octanol–water partition coefficient (Wildman–Crippen LogP) is 1.72. The van der Waals surface area contributed by atoms with Gasteiger partial charge in [0.05, 0.1) is 27.9 Å². The van der Waals surface area contributed by atoms with Gasteiger partial charge in [-0.2, -0.15) is 0 Å². The van der Waals surface area contributed by atoms with Gasteiger partial charge in [0.25, 0.3) is 0 Å². The zero-order valence-electron chi connectivity index (χ0n) is 11.1. The van der Waals surface area contributed by atoms with Gasteiger partial charge in [0, 0.05) is 11.6 Å². The van der Waals surface area contributed by atoms with Gasteiger partial charge < -0.3 is 18.9 Å². The highest BCUT2D eigenvalue weighted by Crippen LogP contribution is 2.40. The fraction of sp³-hybridized carbons (Fsp3) is 0.538. The van der Waals surface area contributed by atoms with Crippen molar-refractivity contribution in [1.82, 2.24) is 5.32 Å². The van der Waals surface area contributed by atoms with Crippen molar-refractivity contribution >= 4 is 0 Å². The monoisotopic (exact) mass is 253 g/mol. The first-order valence-electron chi connectivity index (χ1n) is 5.87. The van der Waals surface area contributed by atoms with Crippen LogP contribution in [0.5, 0.6) is 17.2 Å². The van der Waals surface area contributed by atoms with Gasteiger partial charge in [-0.15, -0.1) is 0 Å². The Bertz CT molecular complexity index is 396. The maximum atomic E-state index is 5.66. The Morgan fingerprint density at radius 3 is 2.11 bits per heavy atom. The summed E-state index contributed by atoms with van der Waals surface area (Å²) in [5.74, 6) is 1.86. The zero-order valence-corrected chi connectivity index (χ0v) is 11.1. The Hall–Kier alpha value is -1.46.